The molecule has 0 N–H and O–H groups in total. The molecule has 98 valence electrons. The molecule has 2 atom stereocenters. The number of benzene rings is 1. The standard InChI is InChI=1S/C11H12BrNO4S/c12-11(9-5-6-18(16,17)7-9)8-1-3-10(4-2-8)13(14)15/h1-4,9,11H,5-7H2. The smallest absolute Gasteiger partial charge is 0.258 e. The summed E-state index contributed by atoms with van der Waals surface area (Å²) in [5.41, 5.74) is 0.917. The first kappa shape index (κ1) is 13.5. The van der Waals surface area contributed by atoms with Gasteiger partial charge < -0.3 is 0 Å². The Labute approximate surface area is 113 Å². The van der Waals surface area contributed by atoms with Crippen LogP contribution in [0.3, 0.4) is 0 Å². The maximum atomic E-state index is 11.4. The van der Waals surface area contributed by atoms with Crippen LogP contribution in [-0.4, -0.2) is 24.8 Å². The summed E-state index contributed by atoms with van der Waals surface area (Å²) in [5, 5.41) is 10.5. The highest BCUT2D eigenvalue weighted by molar-refractivity contribution is 9.09. The molecule has 1 fully saturated rings. The average Bonchev–Trinajstić information content (AvgIpc) is 2.69. The van der Waals surface area contributed by atoms with Crippen molar-refractivity contribution in [2.75, 3.05) is 11.5 Å². The zero-order valence-electron chi connectivity index (χ0n) is 9.45. The second-order valence-electron chi connectivity index (χ2n) is 4.41. The SMILES string of the molecule is O=[N+]([O-])c1ccc(C(Br)C2CCS(=O)(=O)C2)cc1. The van der Waals surface area contributed by atoms with Crippen molar-refractivity contribution in [1.82, 2.24) is 0 Å². The molecule has 1 heterocycles. The van der Waals surface area contributed by atoms with Gasteiger partial charge in [0.2, 0.25) is 0 Å². The number of nitro groups is 1. The Morgan fingerprint density at radius 1 is 1.33 bits per heavy atom. The number of nitrogens with zero attached hydrogens (tertiary/aromatic N) is 1. The zero-order chi connectivity index (χ0) is 13.3. The maximum Gasteiger partial charge on any atom is 0.269 e. The van der Waals surface area contributed by atoms with Gasteiger partial charge in [-0.1, -0.05) is 28.1 Å². The van der Waals surface area contributed by atoms with E-state index >= 15 is 0 Å². The minimum atomic E-state index is -2.91. The highest BCUT2D eigenvalue weighted by Crippen LogP contribution is 2.38. The topological polar surface area (TPSA) is 77.3 Å². The first-order valence-corrected chi connectivity index (χ1v) is 8.21. The van der Waals surface area contributed by atoms with Crippen molar-refractivity contribution in [3.05, 3.63) is 39.9 Å². The van der Waals surface area contributed by atoms with Crippen LogP contribution in [0.15, 0.2) is 24.3 Å². The van der Waals surface area contributed by atoms with Crippen LogP contribution in [0.25, 0.3) is 0 Å². The third-order valence-corrected chi connectivity index (χ3v) is 6.17. The summed E-state index contributed by atoms with van der Waals surface area (Å²) in [6.45, 7) is 0. The molecule has 1 aromatic carbocycles. The van der Waals surface area contributed by atoms with E-state index in [0.29, 0.717) is 6.42 Å². The monoisotopic (exact) mass is 333 g/mol. The van der Waals surface area contributed by atoms with Gasteiger partial charge in [-0.25, -0.2) is 8.42 Å². The van der Waals surface area contributed by atoms with Gasteiger partial charge in [-0.05, 0) is 17.9 Å². The summed E-state index contributed by atoms with van der Waals surface area (Å²) in [7, 11) is -2.91. The molecule has 1 saturated heterocycles. The number of hydrogen-bond acceptors (Lipinski definition) is 4. The van der Waals surface area contributed by atoms with E-state index in [0.717, 1.165) is 5.56 Å². The first-order chi connectivity index (χ1) is 8.39. The summed E-state index contributed by atoms with van der Waals surface area (Å²) < 4.78 is 22.8. The van der Waals surface area contributed by atoms with Crippen molar-refractivity contribution in [1.29, 1.82) is 0 Å². The van der Waals surface area contributed by atoms with Crippen LogP contribution in [0.1, 0.15) is 16.8 Å². The number of sulfone groups is 1. The Morgan fingerprint density at radius 3 is 2.39 bits per heavy atom. The molecule has 5 nitrogen and oxygen atoms in total. The number of nitro benzene ring substituents is 1. The molecule has 1 aromatic rings. The molecule has 0 spiro atoms. The van der Waals surface area contributed by atoms with E-state index in [1.165, 1.54) is 12.1 Å². The van der Waals surface area contributed by atoms with E-state index in [1.54, 1.807) is 12.1 Å². The van der Waals surface area contributed by atoms with Crippen LogP contribution in [0.4, 0.5) is 5.69 Å². The fourth-order valence-electron chi connectivity index (χ4n) is 2.11. The predicted octanol–water partition coefficient (Wildman–Crippen LogP) is 2.47. The lowest BCUT2D eigenvalue weighted by Gasteiger charge is -2.16. The molecule has 2 unspecified atom stereocenters. The van der Waals surface area contributed by atoms with E-state index in [2.05, 4.69) is 15.9 Å². The number of rotatable bonds is 3. The molecule has 0 saturated carbocycles. The molecule has 0 amide bonds. The average molecular weight is 334 g/mol. The third kappa shape index (κ3) is 2.89. The Hall–Kier alpha value is -0.950. The Morgan fingerprint density at radius 2 is 1.94 bits per heavy atom. The van der Waals surface area contributed by atoms with Gasteiger partial charge in [0.25, 0.3) is 5.69 Å². The Kier molecular flexibility index (Phi) is 3.72. The summed E-state index contributed by atoms with van der Waals surface area (Å²) in [5.74, 6) is 0.448. The molecule has 18 heavy (non-hydrogen) atoms. The molecule has 0 aromatic heterocycles. The lowest BCUT2D eigenvalue weighted by atomic mass is 9.98. The quantitative estimate of drug-likeness (QED) is 0.483. The maximum absolute atomic E-state index is 11.4. The lowest BCUT2D eigenvalue weighted by Crippen LogP contribution is -2.10. The van der Waals surface area contributed by atoms with Crippen molar-refractivity contribution in [3.8, 4) is 0 Å². The van der Waals surface area contributed by atoms with Crippen molar-refractivity contribution in [3.63, 3.8) is 0 Å². The van der Waals surface area contributed by atoms with Gasteiger partial charge in [0.1, 0.15) is 0 Å². The van der Waals surface area contributed by atoms with Crippen LogP contribution in [0.5, 0.6) is 0 Å². The fourth-order valence-corrected chi connectivity index (χ4v) is 4.95. The Balaban J connectivity index is 2.14. The van der Waals surface area contributed by atoms with Gasteiger partial charge in [-0.15, -0.1) is 0 Å². The third-order valence-electron chi connectivity index (χ3n) is 3.10. The predicted molar refractivity (Wildman–Crippen MR) is 71.5 cm³/mol. The molecule has 1 aliphatic rings. The van der Waals surface area contributed by atoms with Gasteiger partial charge >= 0.3 is 0 Å². The molecule has 1 aliphatic heterocycles. The van der Waals surface area contributed by atoms with Crippen molar-refractivity contribution >= 4 is 31.5 Å². The summed E-state index contributed by atoms with van der Waals surface area (Å²) in [4.78, 5) is 10.0. The highest BCUT2D eigenvalue weighted by Gasteiger charge is 2.33. The molecule has 0 bridgehead atoms. The number of halogens is 1. The fraction of sp³-hybridized carbons (Fsp3) is 0.455. The van der Waals surface area contributed by atoms with E-state index in [4.69, 9.17) is 0 Å². The normalized spacial score (nSPS) is 23.7. The van der Waals surface area contributed by atoms with Gasteiger partial charge in [0.05, 0.1) is 16.4 Å². The molecule has 0 radical (unpaired) electrons. The second kappa shape index (κ2) is 4.97. The van der Waals surface area contributed by atoms with Crippen LogP contribution in [0, 0.1) is 16.0 Å². The Bertz CT molecular complexity index is 555. The number of hydrogen-bond donors (Lipinski definition) is 0. The molecule has 7 heteroatoms. The van der Waals surface area contributed by atoms with Crippen LogP contribution in [0.2, 0.25) is 0 Å². The van der Waals surface area contributed by atoms with E-state index in [9.17, 15) is 18.5 Å². The first-order valence-electron chi connectivity index (χ1n) is 5.48. The minimum absolute atomic E-state index is 0.0384. The van der Waals surface area contributed by atoms with E-state index in [1.807, 2.05) is 0 Å². The van der Waals surface area contributed by atoms with Gasteiger partial charge in [0, 0.05) is 17.0 Å². The minimum Gasteiger partial charge on any atom is -0.258 e. The number of non-ortho nitro benzene ring substituents is 1. The molecular formula is C11H12BrNO4S. The van der Waals surface area contributed by atoms with E-state index in [-0.39, 0.29) is 27.9 Å². The van der Waals surface area contributed by atoms with Gasteiger partial charge in [-0.2, -0.15) is 0 Å². The van der Waals surface area contributed by atoms with Crippen molar-refractivity contribution in [2.45, 2.75) is 11.2 Å². The lowest BCUT2D eigenvalue weighted by molar-refractivity contribution is -0.384. The summed E-state index contributed by atoms with van der Waals surface area (Å²) in [6, 6.07) is 6.21. The van der Waals surface area contributed by atoms with Crippen molar-refractivity contribution < 1.29 is 13.3 Å². The number of alkyl halides is 1. The summed E-state index contributed by atoms with van der Waals surface area (Å²) >= 11 is 3.49. The van der Waals surface area contributed by atoms with Crippen molar-refractivity contribution in [2.24, 2.45) is 5.92 Å². The largest absolute Gasteiger partial charge is 0.269 e. The van der Waals surface area contributed by atoms with Crippen LogP contribution in [-0.2, 0) is 9.84 Å². The van der Waals surface area contributed by atoms with Gasteiger partial charge in [0.15, 0.2) is 9.84 Å². The molecule has 2 rings (SSSR count). The van der Waals surface area contributed by atoms with Gasteiger partial charge in [-0.3, -0.25) is 10.1 Å². The summed E-state index contributed by atoms with van der Waals surface area (Å²) in [6.07, 6.45) is 0.634. The molecular weight excluding hydrogens is 322 g/mol. The van der Waals surface area contributed by atoms with E-state index < -0.39 is 14.8 Å². The highest BCUT2D eigenvalue weighted by atomic mass is 79.9. The van der Waals surface area contributed by atoms with Crippen LogP contribution >= 0.6 is 15.9 Å². The molecule has 0 aliphatic carbocycles. The van der Waals surface area contributed by atoms with Crippen LogP contribution < -0.4 is 0 Å². The second-order valence-corrected chi connectivity index (χ2v) is 7.63. The zero-order valence-corrected chi connectivity index (χ0v) is 11.9.